The predicted octanol–water partition coefficient (Wildman–Crippen LogP) is 2.32. The molecule has 0 spiro atoms. The number of benzene rings is 1. The van der Waals surface area contributed by atoms with Crippen molar-refractivity contribution in [1.29, 1.82) is 0 Å². The van der Waals surface area contributed by atoms with E-state index in [1.54, 1.807) is 23.1 Å². The minimum absolute atomic E-state index is 0.0113. The van der Waals surface area contributed by atoms with Gasteiger partial charge in [0.25, 0.3) is 0 Å². The molecular weight excluding hydrogens is 288 g/mol. The predicted molar refractivity (Wildman–Crippen MR) is 82.7 cm³/mol. The van der Waals surface area contributed by atoms with Crippen LogP contribution in [0.4, 0.5) is 5.69 Å². The molecule has 3 rings (SSSR count). The summed E-state index contributed by atoms with van der Waals surface area (Å²) in [7, 11) is 0. The first kappa shape index (κ1) is 14.1. The van der Waals surface area contributed by atoms with Crippen molar-refractivity contribution in [3.05, 3.63) is 41.7 Å². The molecule has 1 aromatic carbocycles. The molecule has 6 heteroatoms. The number of anilines is 1. The Labute approximate surface area is 128 Å². The molecule has 0 aliphatic carbocycles. The van der Waals surface area contributed by atoms with E-state index in [1.165, 1.54) is 0 Å². The summed E-state index contributed by atoms with van der Waals surface area (Å²) in [6.07, 6.45) is 3.48. The molecule has 1 aliphatic rings. The Kier molecular flexibility index (Phi) is 3.94. The molecular formula is C15H17ClN4O. The van der Waals surface area contributed by atoms with Gasteiger partial charge in [0.1, 0.15) is 5.69 Å². The van der Waals surface area contributed by atoms with Crippen LogP contribution >= 0.6 is 11.6 Å². The van der Waals surface area contributed by atoms with Crippen molar-refractivity contribution in [3.8, 4) is 5.69 Å². The highest BCUT2D eigenvalue weighted by atomic mass is 35.5. The Hall–Kier alpha value is -1.85. The van der Waals surface area contributed by atoms with Crippen LogP contribution in [0.2, 0.25) is 5.02 Å². The average Bonchev–Trinajstić information content (AvgIpc) is 2.90. The van der Waals surface area contributed by atoms with Gasteiger partial charge in [0.05, 0.1) is 10.7 Å². The molecule has 0 saturated carbocycles. The Morgan fingerprint density at radius 1 is 1.48 bits per heavy atom. The summed E-state index contributed by atoms with van der Waals surface area (Å²) in [5.74, 6) is 0.380. The Balaban J connectivity index is 1.85. The van der Waals surface area contributed by atoms with Crippen molar-refractivity contribution in [2.75, 3.05) is 18.4 Å². The van der Waals surface area contributed by atoms with Crippen LogP contribution in [0.15, 0.2) is 36.7 Å². The second kappa shape index (κ2) is 5.87. The summed E-state index contributed by atoms with van der Waals surface area (Å²) in [5, 5.41) is 10.9. The topological polar surface area (TPSA) is 59.0 Å². The third kappa shape index (κ3) is 2.80. The van der Waals surface area contributed by atoms with Crippen molar-refractivity contribution < 1.29 is 4.79 Å². The van der Waals surface area contributed by atoms with Crippen LogP contribution in [-0.4, -0.2) is 28.8 Å². The maximum Gasteiger partial charge on any atom is 0.227 e. The zero-order valence-electron chi connectivity index (χ0n) is 11.7. The fraction of sp³-hybridized carbons (Fsp3) is 0.333. The first-order valence-corrected chi connectivity index (χ1v) is 7.34. The van der Waals surface area contributed by atoms with Gasteiger partial charge in [-0.15, -0.1) is 0 Å². The van der Waals surface area contributed by atoms with E-state index in [2.05, 4.69) is 15.7 Å². The molecule has 110 valence electrons. The number of nitrogens with zero attached hydrogens (tertiary/aromatic N) is 2. The maximum absolute atomic E-state index is 12.4. The molecule has 1 fully saturated rings. The zero-order valence-corrected chi connectivity index (χ0v) is 12.5. The molecule has 1 saturated heterocycles. The summed E-state index contributed by atoms with van der Waals surface area (Å²) < 4.78 is 1.66. The summed E-state index contributed by atoms with van der Waals surface area (Å²) in [6, 6.07) is 7.26. The monoisotopic (exact) mass is 304 g/mol. The molecule has 0 radical (unpaired) electrons. The quantitative estimate of drug-likeness (QED) is 0.911. The number of hydrogen-bond acceptors (Lipinski definition) is 3. The van der Waals surface area contributed by atoms with Crippen LogP contribution in [0.5, 0.6) is 0 Å². The van der Waals surface area contributed by atoms with Gasteiger partial charge in [0, 0.05) is 18.3 Å². The van der Waals surface area contributed by atoms with E-state index in [4.69, 9.17) is 11.6 Å². The van der Waals surface area contributed by atoms with Crippen LogP contribution in [0.1, 0.15) is 6.92 Å². The van der Waals surface area contributed by atoms with E-state index in [0.29, 0.717) is 22.3 Å². The fourth-order valence-electron chi connectivity index (χ4n) is 2.38. The lowest BCUT2D eigenvalue weighted by molar-refractivity contribution is -0.121. The average molecular weight is 305 g/mol. The van der Waals surface area contributed by atoms with Crippen molar-refractivity contribution in [2.45, 2.75) is 6.92 Å². The van der Waals surface area contributed by atoms with Gasteiger partial charge in [-0.25, -0.2) is 4.68 Å². The number of carbonyl (C=O) groups is 1. The first-order chi connectivity index (χ1) is 10.2. The number of aromatic nitrogens is 2. The Morgan fingerprint density at radius 3 is 2.90 bits per heavy atom. The molecule has 1 aliphatic heterocycles. The number of halogens is 1. The number of para-hydroxylation sites is 1. The molecule has 1 aromatic heterocycles. The molecule has 2 heterocycles. The molecule has 2 N–H and O–H groups in total. The lowest BCUT2D eigenvalue weighted by atomic mass is 9.88. The highest BCUT2D eigenvalue weighted by molar-refractivity contribution is 6.33. The van der Waals surface area contributed by atoms with Crippen LogP contribution in [0.25, 0.3) is 5.69 Å². The fourth-order valence-corrected chi connectivity index (χ4v) is 2.64. The third-order valence-electron chi connectivity index (χ3n) is 3.91. The van der Waals surface area contributed by atoms with Gasteiger partial charge in [0.2, 0.25) is 5.91 Å². The molecule has 1 amide bonds. The van der Waals surface area contributed by atoms with Crippen molar-refractivity contribution in [1.82, 2.24) is 15.1 Å². The van der Waals surface area contributed by atoms with Crippen LogP contribution in [0, 0.1) is 11.8 Å². The molecule has 2 aromatic rings. The van der Waals surface area contributed by atoms with Gasteiger partial charge < -0.3 is 10.6 Å². The first-order valence-electron chi connectivity index (χ1n) is 6.97. The number of carbonyl (C=O) groups excluding carboxylic acids is 1. The van der Waals surface area contributed by atoms with Crippen molar-refractivity contribution >= 4 is 23.2 Å². The molecule has 21 heavy (non-hydrogen) atoms. The molecule has 1 unspecified atom stereocenters. The highest BCUT2D eigenvalue weighted by Crippen LogP contribution is 2.29. The summed E-state index contributed by atoms with van der Waals surface area (Å²) >= 11 is 6.26. The Morgan fingerprint density at radius 2 is 2.29 bits per heavy atom. The molecule has 1 atom stereocenters. The standard InChI is InChI=1S/C15H17ClN4O/c1-10(11-8-17-9-11)15(21)19-13-5-2-4-12(16)14(13)20-7-3-6-18-20/h2-7,10-11,17H,8-9H2,1H3,(H,19,21). The van der Waals surface area contributed by atoms with Gasteiger partial charge in [-0.1, -0.05) is 24.6 Å². The van der Waals surface area contributed by atoms with E-state index in [1.807, 2.05) is 25.1 Å². The lowest BCUT2D eigenvalue weighted by Gasteiger charge is -2.31. The third-order valence-corrected chi connectivity index (χ3v) is 4.22. The largest absolute Gasteiger partial charge is 0.324 e. The summed E-state index contributed by atoms with van der Waals surface area (Å²) in [5.41, 5.74) is 1.37. The molecule has 5 nitrogen and oxygen atoms in total. The van der Waals surface area contributed by atoms with Crippen LogP contribution in [0.3, 0.4) is 0 Å². The van der Waals surface area contributed by atoms with Gasteiger partial charge >= 0.3 is 0 Å². The van der Waals surface area contributed by atoms with Crippen LogP contribution in [-0.2, 0) is 4.79 Å². The van der Waals surface area contributed by atoms with Crippen LogP contribution < -0.4 is 10.6 Å². The van der Waals surface area contributed by atoms with E-state index in [0.717, 1.165) is 13.1 Å². The minimum Gasteiger partial charge on any atom is -0.324 e. The summed E-state index contributed by atoms with van der Waals surface area (Å²) in [6.45, 7) is 3.76. The molecule has 0 bridgehead atoms. The second-order valence-corrected chi connectivity index (χ2v) is 5.69. The number of hydrogen-bond donors (Lipinski definition) is 2. The van der Waals surface area contributed by atoms with Crippen molar-refractivity contribution in [2.24, 2.45) is 11.8 Å². The van der Waals surface area contributed by atoms with Gasteiger partial charge in [0.15, 0.2) is 0 Å². The lowest BCUT2D eigenvalue weighted by Crippen LogP contribution is -2.48. The number of amides is 1. The van der Waals surface area contributed by atoms with E-state index < -0.39 is 0 Å². The smallest absolute Gasteiger partial charge is 0.227 e. The zero-order chi connectivity index (χ0) is 14.8. The highest BCUT2D eigenvalue weighted by Gasteiger charge is 2.29. The minimum atomic E-state index is -0.0318. The summed E-state index contributed by atoms with van der Waals surface area (Å²) in [4.78, 5) is 12.4. The van der Waals surface area contributed by atoms with Gasteiger partial charge in [-0.05, 0) is 37.2 Å². The van der Waals surface area contributed by atoms with Gasteiger partial charge in [-0.2, -0.15) is 5.10 Å². The SMILES string of the molecule is CC(C(=O)Nc1cccc(Cl)c1-n1cccn1)C1CNC1. The maximum atomic E-state index is 12.4. The van der Waals surface area contributed by atoms with E-state index in [-0.39, 0.29) is 11.8 Å². The van der Waals surface area contributed by atoms with E-state index >= 15 is 0 Å². The number of rotatable bonds is 4. The number of nitrogens with one attached hydrogen (secondary N) is 2. The van der Waals surface area contributed by atoms with Crippen molar-refractivity contribution in [3.63, 3.8) is 0 Å². The van der Waals surface area contributed by atoms with E-state index in [9.17, 15) is 4.79 Å². The van der Waals surface area contributed by atoms with Gasteiger partial charge in [-0.3, -0.25) is 4.79 Å². The normalized spacial score (nSPS) is 16.3. The Bertz CT molecular complexity index is 637. The second-order valence-electron chi connectivity index (χ2n) is 5.28.